The minimum Gasteiger partial charge on any atom is -0.332 e. The first-order valence-corrected chi connectivity index (χ1v) is 10.1. The maximum atomic E-state index is 2.56. The van der Waals surface area contributed by atoms with E-state index < -0.39 is 0 Å². The normalized spacial score (nSPS) is 14.3. The highest BCUT2D eigenvalue weighted by molar-refractivity contribution is 6.88. The Hall–Kier alpha value is -3.53. The van der Waals surface area contributed by atoms with Gasteiger partial charge in [-0.3, -0.25) is 4.81 Å². The van der Waals surface area contributed by atoms with E-state index in [1.54, 1.807) is 0 Å². The summed E-state index contributed by atoms with van der Waals surface area (Å²) in [6.45, 7) is 2.38. The van der Waals surface area contributed by atoms with Gasteiger partial charge >= 0.3 is 6.98 Å². The Bertz CT molecular complexity index is 1360. The van der Waals surface area contributed by atoms with Crippen LogP contribution in [0.4, 0.5) is 22.9 Å². The summed E-state index contributed by atoms with van der Waals surface area (Å²) in [5.74, 6) is 1.25. The molecule has 0 fully saturated rings. The number of aromatic nitrogens is 1. The zero-order valence-corrected chi connectivity index (χ0v) is 16.4. The van der Waals surface area contributed by atoms with Crippen LogP contribution >= 0.6 is 0 Å². The molecule has 7 rings (SSSR count). The first-order chi connectivity index (χ1) is 14.3. The van der Waals surface area contributed by atoms with Gasteiger partial charge in [0, 0.05) is 22.3 Å². The number of rotatable bonds is 0. The number of hydrogen-bond donors (Lipinski definition) is 0. The number of aryl methyl sites for hydroxylation is 2. The van der Waals surface area contributed by atoms with Gasteiger partial charge in [-0.05, 0) is 41.8 Å². The van der Waals surface area contributed by atoms with Crippen LogP contribution in [0.15, 0.2) is 79.0 Å². The van der Waals surface area contributed by atoms with Crippen molar-refractivity contribution in [3.05, 3.63) is 84.6 Å². The van der Waals surface area contributed by atoms with Crippen molar-refractivity contribution in [3.63, 3.8) is 0 Å². The first kappa shape index (κ1) is 15.4. The van der Waals surface area contributed by atoms with Gasteiger partial charge in [-0.2, -0.15) is 0 Å². The molecule has 0 bridgehead atoms. The highest BCUT2D eigenvalue weighted by Crippen LogP contribution is 2.54. The van der Waals surface area contributed by atoms with E-state index in [1.807, 2.05) is 0 Å². The quantitative estimate of drug-likeness (QED) is 0.333. The molecule has 0 saturated carbocycles. The van der Waals surface area contributed by atoms with Crippen molar-refractivity contribution < 1.29 is 4.57 Å². The number of pyridine rings is 1. The summed E-state index contributed by atoms with van der Waals surface area (Å²) in [6, 6.07) is 26.7. The molecule has 0 unspecified atom stereocenters. The lowest BCUT2D eigenvalue weighted by atomic mass is 9.55. The van der Waals surface area contributed by atoms with Crippen LogP contribution < -0.4 is 19.7 Å². The SMILES string of the molecule is Cc1cccc2c1N1B3c4c(cccc4-2)-c2ccccc2N3c2ccc[n+](C)c21. The smallest absolute Gasteiger partial charge is 0.332 e. The van der Waals surface area contributed by atoms with E-state index >= 15 is 0 Å². The molecule has 0 saturated heterocycles. The van der Waals surface area contributed by atoms with Crippen molar-refractivity contribution in [1.82, 2.24) is 0 Å². The summed E-state index contributed by atoms with van der Waals surface area (Å²) < 4.78 is 2.26. The lowest BCUT2D eigenvalue weighted by molar-refractivity contribution is -0.657. The number of anilines is 4. The second kappa shape index (κ2) is 5.09. The van der Waals surface area contributed by atoms with E-state index in [9.17, 15) is 0 Å². The van der Waals surface area contributed by atoms with E-state index in [-0.39, 0.29) is 6.98 Å². The highest BCUT2D eigenvalue weighted by atomic mass is 15.4. The fourth-order valence-electron chi connectivity index (χ4n) is 5.60. The lowest BCUT2D eigenvalue weighted by Gasteiger charge is -2.37. The molecule has 0 aliphatic carbocycles. The second-order valence-corrected chi connectivity index (χ2v) is 8.20. The molecule has 3 nitrogen and oxygen atoms in total. The third kappa shape index (κ3) is 1.69. The molecule has 0 atom stereocenters. The Balaban J connectivity index is 1.72. The Kier molecular flexibility index (Phi) is 2.70. The van der Waals surface area contributed by atoms with Gasteiger partial charge in [0.1, 0.15) is 11.4 Å². The summed E-state index contributed by atoms with van der Waals surface area (Å²) >= 11 is 0. The van der Waals surface area contributed by atoms with E-state index in [0.717, 1.165) is 0 Å². The van der Waals surface area contributed by atoms with Gasteiger partial charge in [-0.25, -0.2) is 4.57 Å². The molecule has 0 radical (unpaired) electrons. The third-order valence-electron chi connectivity index (χ3n) is 6.69. The zero-order valence-electron chi connectivity index (χ0n) is 16.4. The molecule has 4 heterocycles. The van der Waals surface area contributed by atoms with Crippen LogP contribution in [-0.4, -0.2) is 6.98 Å². The topological polar surface area (TPSA) is 10.4 Å². The van der Waals surface area contributed by atoms with Crippen molar-refractivity contribution >= 4 is 35.3 Å². The first-order valence-electron chi connectivity index (χ1n) is 10.1. The van der Waals surface area contributed by atoms with Crippen LogP contribution in [-0.2, 0) is 7.05 Å². The lowest BCUT2D eigenvalue weighted by Crippen LogP contribution is -2.59. The largest absolute Gasteiger partial charge is 0.543 e. The van der Waals surface area contributed by atoms with Gasteiger partial charge in [0.2, 0.25) is 0 Å². The Morgan fingerprint density at radius 2 is 1.38 bits per heavy atom. The van der Waals surface area contributed by atoms with Gasteiger partial charge in [-0.15, -0.1) is 0 Å². The van der Waals surface area contributed by atoms with Gasteiger partial charge in [0.25, 0.3) is 5.82 Å². The molecule has 3 aliphatic rings. The molecule has 29 heavy (non-hydrogen) atoms. The van der Waals surface area contributed by atoms with Crippen LogP contribution in [0.2, 0.25) is 0 Å². The third-order valence-corrected chi connectivity index (χ3v) is 6.69. The van der Waals surface area contributed by atoms with Crippen LogP contribution in [0.1, 0.15) is 5.56 Å². The van der Waals surface area contributed by atoms with Crippen molar-refractivity contribution in [2.24, 2.45) is 7.05 Å². The van der Waals surface area contributed by atoms with Crippen molar-refractivity contribution in [2.45, 2.75) is 6.92 Å². The zero-order chi connectivity index (χ0) is 19.3. The summed E-state index contributed by atoms with van der Waals surface area (Å²) in [6.07, 6.45) is 2.16. The number of para-hydroxylation sites is 2. The molecule has 4 heteroatoms. The van der Waals surface area contributed by atoms with Crippen molar-refractivity contribution in [1.29, 1.82) is 0 Å². The van der Waals surface area contributed by atoms with Crippen LogP contribution in [0.25, 0.3) is 22.3 Å². The number of nitrogens with zero attached hydrogens (tertiary/aromatic N) is 3. The maximum absolute atomic E-state index is 2.56. The van der Waals surface area contributed by atoms with E-state index in [2.05, 4.69) is 107 Å². The molecule has 3 aromatic carbocycles. The molecule has 0 spiro atoms. The standard InChI is InChI=1S/C25H19BN3/c1-16-8-5-12-20-19-11-6-10-18-17-9-3-4-13-21(17)28-22-14-7-15-27(2)25(22)29(24(16)20)26(28)23(18)19/h3-15H,1-2H3/q+1. The Morgan fingerprint density at radius 1 is 0.690 bits per heavy atom. The van der Waals surface area contributed by atoms with Crippen LogP contribution in [0.5, 0.6) is 0 Å². The molecule has 136 valence electrons. The predicted molar refractivity (Wildman–Crippen MR) is 119 cm³/mol. The maximum Gasteiger partial charge on any atom is 0.543 e. The Morgan fingerprint density at radius 3 is 2.28 bits per heavy atom. The van der Waals surface area contributed by atoms with Crippen LogP contribution in [0, 0.1) is 6.92 Å². The van der Waals surface area contributed by atoms with Gasteiger partial charge < -0.3 is 4.81 Å². The summed E-state index contributed by atoms with van der Waals surface area (Å²) in [7, 11) is 2.16. The van der Waals surface area contributed by atoms with Crippen LogP contribution in [0.3, 0.4) is 0 Å². The monoisotopic (exact) mass is 372 g/mol. The molecule has 0 amide bonds. The average Bonchev–Trinajstić information content (AvgIpc) is 3.10. The molecule has 1 aromatic heterocycles. The predicted octanol–water partition coefficient (Wildman–Crippen LogP) is 4.47. The summed E-state index contributed by atoms with van der Waals surface area (Å²) in [5, 5.41) is 0. The molecular formula is C25H19BN3+. The van der Waals surface area contributed by atoms with Crippen molar-refractivity contribution in [3.8, 4) is 22.3 Å². The highest BCUT2D eigenvalue weighted by Gasteiger charge is 2.59. The van der Waals surface area contributed by atoms with E-state index in [1.165, 1.54) is 56.2 Å². The van der Waals surface area contributed by atoms with E-state index in [4.69, 9.17) is 0 Å². The van der Waals surface area contributed by atoms with Gasteiger partial charge in [0.05, 0.1) is 13.2 Å². The number of benzene rings is 3. The van der Waals surface area contributed by atoms with E-state index in [0.29, 0.717) is 0 Å². The van der Waals surface area contributed by atoms with Gasteiger partial charge in [0.15, 0.2) is 0 Å². The minimum absolute atomic E-state index is 0.147. The second-order valence-electron chi connectivity index (χ2n) is 8.20. The average molecular weight is 372 g/mol. The molecule has 3 aliphatic heterocycles. The van der Waals surface area contributed by atoms with Crippen molar-refractivity contribution in [2.75, 3.05) is 9.62 Å². The fraction of sp³-hybridized carbons (Fsp3) is 0.0800. The summed E-state index contributed by atoms with van der Waals surface area (Å²) in [5.41, 5.74) is 12.0. The number of hydrogen-bond acceptors (Lipinski definition) is 2. The minimum atomic E-state index is 0.147. The molecule has 0 N–H and O–H groups in total. The molecule has 4 aromatic rings. The fourth-order valence-corrected chi connectivity index (χ4v) is 5.60. The Labute approximate surface area is 170 Å². The molecular weight excluding hydrogens is 353 g/mol. The summed E-state index contributed by atoms with van der Waals surface area (Å²) in [4.78, 5) is 5.09. The van der Waals surface area contributed by atoms with Gasteiger partial charge in [-0.1, -0.05) is 54.6 Å². The number of fused-ring (bicyclic) bond motifs is 9.